The summed E-state index contributed by atoms with van der Waals surface area (Å²) in [5.41, 5.74) is 4.59. The quantitative estimate of drug-likeness (QED) is 0.882. The molecule has 1 aromatic carbocycles. The van der Waals surface area contributed by atoms with Gasteiger partial charge in [-0.15, -0.1) is 0 Å². The third-order valence-electron chi connectivity index (χ3n) is 6.41. The molecule has 0 aliphatic carbocycles. The van der Waals surface area contributed by atoms with E-state index in [9.17, 15) is 4.79 Å². The lowest BCUT2D eigenvalue weighted by atomic mass is 10.1. The number of anilines is 2. The Morgan fingerprint density at radius 2 is 2.00 bits per heavy atom. The van der Waals surface area contributed by atoms with Crippen LogP contribution < -0.4 is 10.2 Å². The van der Waals surface area contributed by atoms with Gasteiger partial charge in [0, 0.05) is 49.3 Å². The summed E-state index contributed by atoms with van der Waals surface area (Å²) in [6.07, 6.45) is 3.90. The molecular weight excluding hydrogens is 350 g/mol. The molecule has 1 N–H and O–H groups in total. The van der Waals surface area contributed by atoms with Gasteiger partial charge in [-0.25, -0.2) is 0 Å². The van der Waals surface area contributed by atoms with Gasteiger partial charge in [-0.1, -0.05) is 0 Å². The monoisotopic (exact) mass is 381 g/mol. The fourth-order valence-corrected chi connectivity index (χ4v) is 4.59. The summed E-state index contributed by atoms with van der Waals surface area (Å²) in [6.45, 7) is 9.81. The molecule has 0 unspecified atom stereocenters. The highest BCUT2D eigenvalue weighted by atomic mass is 16.1. The van der Waals surface area contributed by atoms with E-state index in [0.717, 1.165) is 36.1 Å². The number of hydrogen-bond donors (Lipinski definition) is 1. The number of benzene rings is 1. The molecule has 0 saturated carbocycles. The Hall–Kier alpha value is -2.34. The van der Waals surface area contributed by atoms with Crippen molar-refractivity contribution in [3.05, 3.63) is 41.2 Å². The fraction of sp³-hybridized carbons (Fsp3) is 0.545. The maximum atomic E-state index is 12.5. The second-order valence-electron chi connectivity index (χ2n) is 8.37. The first-order chi connectivity index (χ1) is 13.4. The van der Waals surface area contributed by atoms with Gasteiger partial charge in [-0.3, -0.25) is 14.4 Å². The smallest absolute Gasteiger partial charge is 0.276 e. The van der Waals surface area contributed by atoms with Crippen molar-refractivity contribution in [2.45, 2.75) is 52.1 Å². The SMILES string of the molecule is Cc1cc(N2CC[C@H](N3CCC[C@@H]3C)C2)ccc1NC(=O)c1cc(C)n(C)n1. The molecule has 3 heterocycles. The fourth-order valence-electron chi connectivity index (χ4n) is 4.59. The Kier molecular flexibility index (Phi) is 5.15. The summed E-state index contributed by atoms with van der Waals surface area (Å²) < 4.78 is 1.72. The lowest BCUT2D eigenvalue weighted by molar-refractivity contribution is 0.102. The van der Waals surface area contributed by atoms with Crippen LogP contribution in [-0.4, -0.2) is 52.3 Å². The van der Waals surface area contributed by atoms with Crippen molar-refractivity contribution in [3.8, 4) is 0 Å². The van der Waals surface area contributed by atoms with Gasteiger partial charge < -0.3 is 10.2 Å². The number of aryl methyl sites for hydroxylation is 3. The van der Waals surface area contributed by atoms with Crippen molar-refractivity contribution in [1.82, 2.24) is 14.7 Å². The van der Waals surface area contributed by atoms with Crippen LogP contribution in [0.3, 0.4) is 0 Å². The predicted molar refractivity (Wildman–Crippen MR) is 113 cm³/mol. The van der Waals surface area contributed by atoms with E-state index in [2.05, 4.69) is 46.2 Å². The van der Waals surface area contributed by atoms with Gasteiger partial charge in [0.15, 0.2) is 5.69 Å². The average Bonchev–Trinajstić information content (AvgIpc) is 3.37. The van der Waals surface area contributed by atoms with E-state index in [-0.39, 0.29) is 5.91 Å². The molecule has 0 bridgehead atoms. The van der Waals surface area contributed by atoms with Gasteiger partial charge >= 0.3 is 0 Å². The molecule has 1 amide bonds. The molecule has 150 valence electrons. The van der Waals surface area contributed by atoms with E-state index in [1.807, 2.05) is 26.1 Å². The summed E-state index contributed by atoms with van der Waals surface area (Å²) in [4.78, 5) is 17.7. The summed E-state index contributed by atoms with van der Waals surface area (Å²) in [5, 5.41) is 7.26. The second kappa shape index (κ2) is 7.59. The third kappa shape index (κ3) is 3.65. The zero-order chi connectivity index (χ0) is 19.8. The van der Waals surface area contributed by atoms with Crippen LogP contribution in [0.1, 0.15) is 47.9 Å². The van der Waals surface area contributed by atoms with Crippen molar-refractivity contribution >= 4 is 17.3 Å². The van der Waals surface area contributed by atoms with Gasteiger partial charge in [0.25, 0.3) is 5.91 Å². The van der Waals surface area contributed by atoms with Gasteiger partial charge in [0.05, 0.1) is 0 Å². The molecular formula is C22H31N5O. The standard InChI is InChI=1S/C22H31N5O/c1-15-12-18(26-11-9-19(14-26)27-10-5-6-16(27)2)7-8-20(15)23-22(28)21-13-17(3)25(4)24-21/h7-8,12-13,16,19H,5-6,9-11,14H2,1-4H3,(H,23,28)/t16-,19-/m0/s1. The van der Waals surface area contributed by atoms with Crippen molar-refractivity contribution in [2.75, 3.05) is 29.9 Å². The maximum Gasteiger partial charge on any atom is 0.276 e. The molecule has 0 spiro atoms. The number of nitrogens with one attached hydrogen (secondary N) is 1. The van der Waals surface area contributed by atoms with E-state index in [1.54, 1.807) is 4.68 Å². The number of hydrogen-bond acceptors (Lipinski definition) is 4. The summed E-state index contributed by atoms with van der Waals surface area (Å²) in [6, 6.07) is 9.54. The van der Waals surface area contributed by atoms with E-state index in [4.69, 9.17) is 0 Å². The molecule has 6 nitrogen and oxygen atoms in total. The van der Waals surface area contributed by atoms with Gasteiger partial charge in [-0.2, -0.15) is 5.10 Å². The highest BCUT2D eigenvalue weighted by molar-refractivity contribution is 6.03. The van der Waals surface area contributed by atoms with Crippen molar-refractivity contribution in [2.24, 2.45) is 7.05 Å². The first-order valence-corrected chi connectivity index (χ1v) is 10.4. The highest BCUT2D eigenvalue weighted by Gasteiger charge is 2.33. The van der Waals surface area contributed by atoms with Gasteiger partial charge in [0.2, 0.25) is 0 Å². The number of carbonyl (C=O) groups excluding carboxylic acids is 1. The van der Waals surface area contributed by atoms with Crippen LogP contribution in [0, 0.1) is 13.8 Å². The molecule has 2 saturated heterocycles. The minimum absolute atomic E-state index is 0.163. The first-order valence-electron chi connectivity index (χ1n) is 10.4. The largest absolute Gasteiger partial charge is 0.370 e. The normalized spacial score (nSPS) is 22.8. The molecule has 0 radical (unpaired) electrons. The van der Waals surface area contributed by atoms with Crippen LogP contribution in [-0.2, 0) is 7.05 Å². The zero-order valence-corrected chi connectivity index (χ0v) is 17.4. The van der Waals surface area contributed by atoms with Crippen molar-refractivity contribution in [3.63, 3.8) is 0 Å². The molecule has 2 aliphatic rings. The lowest BCUT2D eigenvalue weighted by Gasteiger charge is -2.28. The van der Waals surface area contributed by atoms with Gasteiger partial charge in [0.1, 0.15) is 0 Å². The van der Waals surface area contributed by atoms with E-state index in [1.165, 1.54) is 31.5 Å². The van der Waals surface area contributed by atoms with Crippen LogP contribution in [0.15, 0.2) is 24.3 Å². The number of amides is 1. The second-order valence-corrected chi connectivity index (χ2v) is 8.37. The van der Waals surface area contributed by atoms with Crippen LogP contribution in [0.5, 0.6) is 0 Å². The Morgan fingerprint density at radius 3 is 2.64 bits per heavy atom. The summed E-state index contributed by atoms with van der Waals surface area (Å²) in [7, 11) is 1.85. The minimum Gasteiger partial charge on any atom is -0.370 e. The molecule has 4 rings (SSSR count). The van der Waals surface area contributed by atoms with E-state index in [0.29, 0.717) is 11.7 Å². The Bertz CT molecular complexity index is 854. The number of likely N-dealkylation sites (tertiary alicyclic amines) is 1. The average molecular weight is 382 g/mol. The zero-order valence-electron chi connectivity index (χ0n) is 17.4. The topological polar surface area (TPSA) is 53.4 Å². The molecule has 2 aromatic rings. The maximum absolute atomic E-state index is 12.5. The van der Waals surface area contributed by atoms with Crippen LogP contribution in [0.4, 0.5) is 11.4 Å². The lowest BCUT2D eigenvalue weighted by Crippen LogP contribution is -2.39. The first kappa shape index (κ1) is 19.0. The Labute approximate surface area is 167 Å². The van der Waals surface area contributed by atoms with Crippen molar-refractivity contribution in [1.29, 1.82) is 0 Å². The molecule has 2 aliphatic heterocycles. The third-order valence-corrected chi connectivity index (χ3v) is 6.41. The summed E-state index contributed by atoms with van der Waals surface area (Å²) >= 11 is 0. The van der Waals surface area contributed by atoms with Crippen molar-refractivity contribution < 1.29 is 4.79 Å². The van der Waals surface area contributed by atoms with Gasteiger partial charge in [-0.05, 0) is 76.4 Å². The Morgan fingerprint density at radius 1 is 1.18 bits per heavy atom. The number of carbonyl (C=O) groups is 1. The minimum atomic E-state index is -0.163. The molecule has 28 heavy (non-hydrogen) atoms. The number of aromatic nitrogens is 2. The van der Waals surface area contributed by atoms with Crippen LogP contribution >= 0.6 is 0 Å². The molecule has 1 aromatic heterocycles. The highest BCUT2D eigenvalue weighted by Crippen LogP contribution is 2.30. The predicted octanol–water partition coefficient (Wildman–Crippen LogP) is 3.35. The molecule has 2 fully saturated rings. The van der Waals surface area contributed by atoms with Crippen LogP contribution in [0.25, 0.3) is 0 Å². The molecule has 2 atom stereocenters. The van der Waals surface area contributed by atoms with E-state index < -0.39 is 0 Å². The Balaban J connectivity index is 1.42. The van der Waals surface area contributed by atoms with E-state index >= 15 is 0 Å². The molecule has 6 heteroatoms. The number of rotatable bonds is 4. The summed E-state index contributed by atoms with van der Waals surface area (Å²) in [5.74, 6) is -0.163. The van der Waals surface area contributed by atoms with Crippen LogP contribution in [0.2, 0.25) is 0 Å². The number of nitrogens with zero attached hydrogens (tertiary/aromatic N) is 4.